The van der Waals surface area contributed by atoms with Gasteiger partial charge in [0.2, 0.25) is 11.8 Å². The highest BCUT2D eigenvalue weighted by Crippen LogP contribution is 2.35. The quantitative estimate of drug-likeness (QED) is 0.238. The normalized spacial score (nSPS) is 14.3. The molecule has 3 aromatic rings. The van der Waals surface area contributed by atoms with Crippen molar-refractivity contribution in [2.45, 2.75) is 75.9 Å². The van der Waals surface area contributed by atoms with Crippen molar-refractivity contribution < 1.29 is 27.5 Å². The molecule has 1 N–H and O–H groups in total. The minimum Gasteiger partial charge on any atom is -0.497 e. The molecule has 0 heterocycles. The molecule has 0 saturated heterocycles. The summed E-state index contributed by atoms with van der Waals surface area (Å²) in [5.74, 6) is 0.0197. The number of hydrogen-bond donors (Lipinski definition) is 1. The first-order valence-corrected chi connectivity index (χ1v) is 17.0. The molecule has 2 amide bonds. The molecule has 1 aliphatic carbocycles. The molecule has 0 aromatic heterocycles. The smallest absolute Gasteiger partial charge is 0.264 e. The number of halogens is 1. The van der Waals surface area contributed by atoms with Crippen LogP contribution in [0.3, 0.4) is 0 Å². The van der Waals surface area contributed by atoms with E-state index in [9.17, 15) is 18.0 Å². The minimum atomic E-state index is -4.28. The Kier molecular flexibility index (Phi) is 11.7. The van der Waals surface area contributed by atoms with Gasteiger partial charge < -0.3 is 19.7 Å². The van der Waals surface area contributed by atoms with Gasteiger partial charge in [0.25, 0.3) is 10.0 Å². The number of nitrogens with one attached hydrogen (secondary N) is 1. The Morgan fingerprint density at radius 2 is 1.69 bits per heavy atom. The molecule has 0 spiro atoms. The van der Waals surface area contributed by atoms with E-state index >= 15 is 0 Å². The highest BCUT2D eigenvalue weighted by atomic mass is 35.5. The number of ether oxygens (including phenoxy) is 2. The van der Waals surface area contributed by atoms with Gasteiger partial charge in [-0.1, -0.05) is 67.6 Å². The van der Waals surface area contributed by atoms with Crippen molar-refractivity contribution >= 4 is 39.1 Å². The van der Waals surface area contributed by atoms with Crippen LogP contribution in [0.25, 0.3) is 0 Å². The summed E-state index contributed by atoms with van der Waals surface area (Å²) in [5, 5.41) is 3.43. The fourth-order valence-electron chi connectivity index (χ4n) is 5.64. The molecule has 1 atom stereocenters. The third kappa shape index (κ3) is 8.49. The van der Waals surface area contributed by atoms with Crippen molar-refractivity contribution in [1.82, 2.24) is 10.2 Å². The number of nitrogens with zero attached hydrogens (tertiary/aromatic N) is 2. The predicted molar refractivity (Wildman–Crippen MR) is 176 cm³/mol. The molecular weight excluding hydrogens is 614 g/mol. The summed E-state index contributed by atoms with van der Waals surface area (Å²) >= 11 is 6.34. The lowest BCUT2D eigenvalue weighted by Crippen LogP contribution is -2.54. The largest absolute Gasteiger partial charge is 0.497 e. The van der Waals surface area contributed by atoms with Gasteiger partial charge in [0.1, 0.15) is 24.1 Å². The molecule has 0 radical (unpaired) electrons. The Labute approximate surface area is 271 Å². The van der Waals surface area contributed by atoms with Crippen molar-refractivity contribution in [2.24, 2.45) is 0 Å². The Morgan fingerprint density at radius 3 is 2.33 bits per heavy atom. The van der Waals surface area contributed by atoms with E-state index < -0.39 is 28.5 Å². The van der Waals surface area contributed by atoms with Crippen LogP contribution in [0.2, 0.25) is 5.02 Å². The van der Waals surface area contributed by atoms with Crippen LogP contribution in [0.5, 0.6) is 11.5 Å². The summed E-state index contributed by atoms with van der Waals surface area (Å²) < 4.78 is 40.4. The van der Waals surface area contributed by atoms with Gasteiger partial charge in [-0.3, -0.25) is 13.9 Å². The van der Waals surface area contributed by atoms with E-state index in [0.717, 1.165) is 47.5 Å². The zero-order valence-electron chi connectivity index (χ0n) is 26.3. The van der Waals surface area contributed by atoms with Crippen molar-refractivity contribution in [3.63, 3.8) is 0 Å². The molecular formula is C34H42ClN3O6S. The summed E-state index contributed by atoms with van der Waals surface area (Å²) in [7, 11) is -1.31. The van der Waals surface area contributed by atoms with Gasteiger partial charge >= 0.3 is 0 Å². The van der Waals surface area contributed by atoms with Gasteiger partial charge in [0.05, 0.1) is 24.8 Å². The summed E-state index contributed by atoms with van der Waals surface area (Å²) in [6.45, 7) is 3.18. The third-order valence-corrected chi connectivity index (χ3v) is 10.1. The molecule has 0 unspecified atom stereocenters. The first-order chi connectivity index (χ1) is 21.6. The van der Waals surface area contributed by atoms with Gasteiger partial charge in [0, 0.05) is 17.6 Å². The second-order valence-electron chi connectivity index (χ2n) is 11.3. The first-order valence-electron chi connectivity index (χ1n) is 15.2. The Hall–Kier alpha value is -3.76. The maximum atomic E-state index is 14.4. The number of aryl methyl sites for hydroxylation is 1. The Morgan fingerprint density at radius 1 is 0.978 bits per heavy atom. The summed E-state index contributed by atoms with van der Waals surface area (Å²) in [6, 6.07) is 17.4. The van der Waals surface area contributed by atoms with E-state index in [0.29, 0.717) is 12.2 Å². The van der Waals surface area contributed by atoms with Crippen LogP contribution in [0.15, 0.2) is 71.6 Å². The number of methoxy groups -OCH3 is 2. The first kappa shape index (κ1) is 34.1. The highest BCUT2D eigenvalue weighted by molar-refractivity contribution is 7.92. The van der Waals surface area contributed by atoms with Crippen LogP contribution < -0.4 is 19.1 Å². The van der Waals surface area contributed by atoms with Gasteiger partial charge in [-0.2, -0.15) is 0 Å². The van der Waals surface area contributed by atoms with Gasteiger partial charge in [-0.15, -0.1) is 0 Å². The number of benzene rings is 3. The lowest BCUT2D eigenvalue weighted by molar-refractivity contribution is -0.140. The van der Waals surface area contributed by atoms with E-state index in [1.54, 1.807) is 43.5 Å². The highest BCUT2D eigenvalue weighted by Gasteiger charge is 2.35. The van der Waals surface area contributed by atoms with E-state index in [1.807, 2.05) is 26.0 Å². The van der Waals surface area contributed by atoms with Crippen LogP contribution in [0.1, 0.15) is 56.6 Å². The molecule has 11 heteroatoms. The number of sulfonamides is 1. The van der Waals surface area contributed by atoms with E-state index in [1.165, 1.54) is 30.2 Å². The monoisotopic (exact) mass is 655 g/mol. The van der Waals surface area contributed by atoms with Gasteiger partial charge in [-0.25, -0.2) is 8.42 Å². The molecule has 9 nitrogen and oxygen atoms in total. The number of hydrogen-bond acceptors (Lipinski definition) is 6. The molecule has 0 bridgehead atoms. The maximum absolute atomic E-state index is 14.4. The fraction of sp³-hybridized carbons (Fsp3) is 0.412. The molecule has 4 rings (SSSR count). The molecule has 0 aliphatic heterocycles. The van der Waals surface area contributed by atoms with Crippen molar-refractivity contribution in [3.05, 3.63) is 82.9 Å². The lowest BCUT2D eigenvalue weighted by Gasteiger charge is -2.34. The van der Waals surface area contributed by atoms with Crippen LogP contribution in [0.4, 0.5) is 5.69 Å². The minimum absolute atomic E-state index is 0.00403. The van der Waals surface area contributed by atoms with Crippen LogP contribution in [-0.4, -0.2) is 58.0 Å². The predicted octanol–water partition coefficient (Wildman–Crippen LogP) is 6.12. The molecule has 1 saturated carbocycles. The summed E-state index contributed by atoms with van der Waals surface area (Å²) in [5.41, 5.74) is 1.73. The van der Waals surface area contributed by atoms with Gasteiger partial charge in [-0.05, 0) is 74.2 Å². The zero-order chi connectivity index (χ0) is 32.6. The van der Waals surface area contributed by atoms with Crippen LogP contribution in [-0.2, 0) is 26.2 Å². The molecule has 1 aliphatic rings. The maximum Gasteiger partial charge on any atom is 0.264 e. The molecule has 1 fully saturated rings. The summed E-state index contributed by atoms with van der Waals surface area (Å²) in [6.07, 6.45) is 5.34. The third-order valence-electron chi connectivity index (χ3n) is 8.12. The number of amides is 2. The van der Waals surface area contributed by atoms with E-state index in [4.69, 9.17) is 21.1 Å². The molecule has 45 heavy (non-hydrogen) atoms. The number of carbonyl (C=O) groups excluding carboxylic acids is 2. The zero-order valence-corrected chi connectivity index (χ0v) is 27.9. The van der Waals surface area contributed by atoms with E-state index in [2.05, 4.69) is 5.32 Å². The fourth-order valence-corrected chi connectivity index (χ4v) is 7.22. The number of carbonyl (C=O) groups is 2. The Balaban J connectivity index is 1.77. The van der Waals surface area contributed by atoms with Crippen molar-refractivity contribution in [3.8, 4) is 11.5 Å². The summed E-state index contributed by atoms with van der Waals surface area (Å²) in [4.78, 5) is 29.7. The topological polar surface area (TPSA) is 105 Å². The van der Waals surface area contributed by atoms with Crippen LogP contribution >= 0.6 is 11.6 Å². The SMILES string of the molecule is CC[C@@H](C(=O)NC1CCCCC1)N(Cc1cccc(OC)c1)C(=O)CN(c1cc(Cl)ccc1OC)S(=O)(=O)c1ccc(C)cc1. The van der Waals surface area contributed by atoms with Gasteiger partial charge in [0.15, 0.2) is 0 Å². The second-order valence-corrected chi connectivity index (χ2v) is 13.6. The van der Waals surface area contributed by atoms with Crippen molar-refractivity contribution in [2.75, 3.05) is 25.1 Å². The second kappa shape index (κ2) is 15.5. The Bertz CT molecular complexity index is 1570. The van der Waals surface area contributed by atoms with Crippen molar-refractivity contribution in [1.29, 1.82) is 0 Å². The van der Waals surface area contributed by atoms with Crippen LogP contribution in [0, 0.1) is 6.92 Å². The number of anilines is 1. The number of rotatable bonds is 13. The average molecular weight is 656 g/mol. The lowest BCUT2D eigenvalue weighted by atomic mass is 9.95. The standard InChI is InChI=1S/C34H42ClN3O6S/c1-5-30(34(40)36-27-11-7-6-8-12-27)37(22-25-10-9-13-28(20-25)43-3)33(39)23-38(31-21-26(35)16-19-32(31)44-4)45(41,42)29-17-14-24(2)15-18-29/h9-10,13-21,27,30H,5-8,11-12,22-23H2,1-4H3,(H,36,40)/t30-/m0/s1. The average Bonchev–Trinajstić information content (AvgIpc) is 3.04. The molecule has 242 valence electrons. The van der Waals surface area contributed by atoms with E-state index in [-0.39, 0.29) is 39.8 Å². The molecule has 3 aromatic carbocycles.